The van der Waals surface area contributed by atoms with Gasteiger partial charge in [0.15, 0.2) is 5.54 Å². The molecule has 2 heterocycles. The summed E-state index contributed by atoms with van der Waals surface area (Å²) in [6.07, 6.45) is 0. The molecule has 6 nitrogen and oxygen atoms in total. The zero-order valence-electron chi connectivity index (χ0n) is 8.03. The quantitative estimate of drug-likeness (QED) is 0.589. The highest BCUT2D eigenvalue weighted by atomic mass is 32.1. The second-order valence-electron chi connectivity index (χ2n) is 3.27. The Hall–Kier alpha value is -1.47. The molecule has 7 heteroatoms. The van der Waals surface area contributed by atoms with Gasteiger partial charge in [-0.2, -0.15) is 0 Å². The average Bonchev–Trinajstić information content (AvgIpc) is 2.71. The van der Waals surface area contributed by atoms with E-state index in [9.17, 15) is 9.59 Å². The van der Waals surface area contributed by atoms with Gasteiger partial charge in [-0.3, -0.25) is 10.1 Å². The van der Waals surface area contributed by atoms with Crippen LogP contribution >= 0.6 is 11.3 Å². The predicted octanol–water partition coefficient (Wildman–Crippen LogP) is -0.555. The molecule has 1 aliphatic heterocycles. The number of nitrogens with zero attached hydrogens (tertiary/aromatic N) is 1. The highest BCUT2D eigenvalue weighted by Crippen LogP contribution is 2.27. The van der Waals surface area contributed by atoms with Crippen LogP contribution < -0.4 is 16.4 Å². The predicted molar refractivity (Wildman–Crippen MR) is 54.3 cm³/mol. The third-order valence-corrected chi connectivity index (χ3v) is 3.15. The Labute approximate surface area is 89.9 Å². The first-order chi connectivity index (χ1) is 7.10. The van der Waals surface area contributed by atoms with Crippen LogP contribution in [0.1, 0.15) is 10.6 Å². The number of thiazole rings is 1. The first-order valence-corrected chi connectivity index (χ1v) is 5.22. The van der Waals surface area contributed by atoms with E-state index in [2.05, 4.69) is 15.6 Å². The van der Waals surface area contributed by atoms with Gasteiger partial charge in [0.2, 0.25) is 0 Å². The van der Waals surface area contributed by atoms with Crippen LogP contribution in [-0.2, 0) is 10.3 Å². The number of aromatic nitrogens is 1. The van der Waals surface area contributed by atoms with Crippen molar-refractivity contribution in [1.29, 1.82) is 0 Å². The first kappa shape index (κ1) is 10.1. The topological polar surface area (TPSA) is 97.1 Å². The maximum atomic E-state index is 11.7. The fourth-order valence-corrected chi connectivity index (χ4v) is 2.27. The molecule has 1 aromatic heterocycles. The minimum atomic E-state index is -1.19. The van der Waals surface area contributed by atoms with Gasteiger partial charge in [0.1, 0.15) is 0 Å². The van der Waals surface area contributed by atoms with E-state index in [-0.39, 0.29) is 6.54 Å². The van der Waals surface area contributed by atoms with E-state index >= 15 is 0 Å². The summed E-state index contributed by atoms with van der Waals surface area (Å²) in [5, 5.41) is 4.70. The van der Waals surface area contributed by atoms with Gasteiger partial charge >= 0.3 is 6.03 Å². The number of aryl methyl sites for hydroxylation is 1. The summed E-state index contributed by atoms with van der Waals surface area (Å²) in [6, 6.07) is -0.530. The van der Waals surface area contributed by atoms with Crippen LogP contribution in [0.15, 0.2) is 5.51 Å². The Morgan fingerprint density at radius 1 is 1.60 bits per heavy atom. The Morgan fingerprint density at radius 3 is 2.73 bits per heavy atom. The summed E-state index contributed by atoms with van der Waals surface area (Å²) in [7, 11) is 0. The van der Waals surface area contributed by atoms with Gasteiger partial charge in [-0.05, 0) is 6.92 Å². The second-order valence-corrected chi connectivity index (χ2v) is 4.33. The van der Waals surface area contributed by atoms with Crippen molar-refractivity contribution < 1.29 is 9.59 Å². The van der Waals surface area contributed by atoms with Gasteiger partial charge < -0.3 is 11.1 Å². The Morgan fingerprint density at radius 2 is 2.33 bits per heavy atom. The normalized spacial score (nSPS) is 25.2. The number of hydrogen-bond acceptors (Lipinski definition) is 5. The molecule has 1 saturated heterocycles. The van der Waals surface area contributed by atoms with Crippen molar-refractivity contribution in [3.63, 3.8) is 0 Å². The van der Waals surface area contributed by atoms with E-state index in [0.717, 1.165) is 4.88 Å². The van der Waals surface area contributed by atoms with Crippen molar-refractivity contribution in [3.05, 3.63) is 16.1 Å². The standard InChI is InChI=1S/C8H10N4O2S/c1-4-5(10-3-15-4)8(2-9)6(13)11-7(14)12-8/h3H,2,9H2,1H3,(H2,11,12,13,14)/t8-/m1/s1. The van der Waals surface area contributed by atoms with Gasteiger partial charge in [0.25, 0.3) is 5.91 Å². The SMILES string of the molecule is Cc1scnc1[C@@]1(CN)NC(=O)NC1=O. The zero-order chi connectivity index (χ0) is 11.1. The van der Waals surface area contributed by atoms with E-state index in [1.807, 2.05) is 6.92 Å². The molecule has 1 aliphatic rings. The zero-order valence-corrected chi connectivity index (χ0v) is 8.85. The molecule has 0 aromatic carbocycles. The molecule has 1 fully saturated rings. The smallest absolute Gasteiger partial charge is 0.322 e. The number of rotatable bonds is 2. The molecule has 80 valence electrons. The van der Waals surface area contributed by atoms with E-state index < -0.39 is 17.5 Å². The molecule has 0 aliphatic carbocycles. The number of urea groups is 1. The number of imide groups is 1. The van der Waals surface area contributed by atoms with Gasteiger partial charge in [-0.25, -0.2) is 9.78 Å². The van der Waals surface area contributed by atoms with Gasteiger partial charge in [0.05, 0.1) is 11.2 Å². The lowest BCUT2D eigenvalue weighted by molar-refractivity contribution is -0.124. The van der Waals surface area contributed by atoms with Crippen LogP contribution in [0.3, 0.4) is 0 Å². The largest absolute Gasteiger partial charge is 0.327 e. The molecular weight excluding hydrogens is 216 g/mol. The third-order valence-electron chi connectivity index (χ3n) is 2.40. The minimum absolute atomic E-state index is 0.00481. The van der Waals surface area contributed by atoms with Gasteiger partial charge in [0, 0.05) is 11.4 Å². The summed E-state index contributed by atoms with van der Waals surface area (Å²) in [4.78, 5) is 27.8. The number of hydrogen-bond donors (Lipinski definition) is 3. The molecule has 0 unspecified atom stereocenters. The molecule has 0 saturated carbocycles. The minimum Gasteiger partial charge on any atom is -0.327 e. The molecule has 1 atom stereocenters. The molecule has 15 heavy (non-hydrogen) atoms. The van der Waals surface area contributed by atoms with Crippen molar-refractivity contribution in [2.24, 2.45) is 5.73 Å². The Kier molecular flexibility index (Phi) is 2.20. The lowest BCUT2D eigenvalue weighted by Gasteiger charge is -2.22. The van der Waals surface area contributed by atoms with E-state index in [4.69, 9.17) is 5.73 Å². The van der Waals surface area contributed by atoms with E-state index in [1.54, 1.807) is 5.51 Å². The number of amides is 3. The second kappa shape index (κ2) is 3.28. The van der Waals surface area contributed by atoms with Crippen molar-refractivity contribution in [3.8, 4) is 0 Å². The Balaban J connectivity index is 2.51. The number of nitrogens with two attached hydrogens (primary N) is 1. The molecule has 2 rings (SSSR count). The number of carbonyl (C=O) groups is 2. The van der Waals surface area contributed by atoms with Crippen LogP contribution in [-0.4, -0.2) is 23.5 Å². The molecule has 0 bridgehead atoms. The third kappa shape index (κ3) is 1.31. The lowest BCUT2D eigenvalue weighted by Crippen LogP contribution is -2.50. The van der Waals surface area contributed by atoms with Crippen LogP contribution in [0.2, 0.25) is 0 Å². The number of nitrogens with one attached hydrogen (secondary N) is 2. The van der Waals surface area contributed by atoms with Crippen LogP contribution in [0.4, 0.5) is 4.79 Å². The number of carbonyl (C=O) groups excluding carboxylic acids is 2. The van der Waals surface area contributed by atoms with Crippen molar-refractivity contribution >= 4 is 23.3 Å². The lowest BCUT2D eigenvalue weighted by atomic mass is 9.95. The van der Waals surface area contributed by atoms with Crippen molar-refractivity contribution in [2.45, 2.75) is 12.5 Å². The van der Waals surface area contributed by atoms with Gasteiger partial charge in [-0.1, -0.05) is 0 Å². The molecule has 0 radical (unpaired) electrons. The van der Waals surface area contributed by atoms with Crippen molar-refractivity contribution in [2.75, 3.05) is 6.54 Å². The van der Waals surface area contributed by atoms with E-state index in [0.29, 0.717) is 5.69 Å². The molecule has 0 spiro atoms. The van der Waals surface area contributed by atoms with E-state index in [1.165, 1.54) is 11.3 Å². The summed E-state index contributed by atoms with van der Waals surface area (Å²) in [6.45, 7) is 1.83. The highest BCUT2D eigenvalue weighted by Gasteiger charge is 2.49. The fourth-order valence-electron chi connectivity index (χ4n) is 1.61. The van der Waals surface area contributed by atoms with Crippen molar-refractivity contribution in [1.82, 2.24) is 15.6 Å². The molecule has 4 N–H and O–H groups in total. The Bertz CT molecular complexity index is 430. The average molecular weight is 226 g/mol. The first-order valence-electron chi connectivity index (χ1n) is 4.34. The monoisotopic (exact) mass is 226 g/mol. The molecule has 1 aromatic rings. The van der Waals surface area contributed by atoms with Gasteiger partial charge in [-0.15, -0.1) is 11.3 Å². The summed E-state index contributed by atoms with van der Waals surface area (Å²) >= 11 is 1.41. The summed E-state index contributed by atoms with van der Waals surface area (Å²) < 4.78 is 0. The summed E-state index contributed by atoms with van der Waals surface area (Å²) in [5.41, 5.74) is 6.53. The van der Waals surface area contributed by atoms with Crippen LogP contribution in [0, 0.1) is 6.92 Å². The van der Waals surface area contributed by atoms with Crippen LogP contribution in [0.25, 0.3) is 0 Å². The fraction of sp³-hybridized carbons (Fsp3) is 0.375. The highest BCUT2D eigenvalue weighted by molar-refractivity contribution is 7.09. The maximum Gasteiger partial charge on any atom is 0.322 e. The molecule has 3 amide bonds. The maximum absolute atomic E-state index is 11.7. The summed E-state index contributed by atoms with van der Waals surface area (Å²) in [5.74, 6) is -0.441. The molecular formula is C8H10N4O2S. The van der Waals surface area contributed by atoms with Crippen LogP contribution in [0.5, 0.6) is 0 Å².